The van der Waals surface area contributed by atoms with Gasteiger partial charge in [-0.2, -0.15) is 13.2 Å². The first-order chi connectivity index (χ1) is 13.9. The second-order valence-electron chi connectivity index (χ2n) is 9.19. The smallest absolute Gasteiger partial charge is 0.167 e. The van der Waals surface area contributed by atoms with E-state index < -0.39 is 6.18 Å². The molecule has 2 aliphatic rings. The minimum Gasteiger partial charge on any atom is -0.167 e. The van der Waals surface area contributed by atoms with Crippen molar-refractivity contribution in [3.63, 3.8) is 0 Å². The van der Waals surface area contributed by atoms with Crippen LogP contribution in [0.25, 0.3) is 6.08 Å². The van der Waals surface area contributed by atoms with Gasteiger partial charge in [0.05, 0.1) is 0 Å². The van der Waals surface area contributed by atoms with Gasteiger partial charge in [0, 0.05) is 11.1 Å². The molecule has 0 amide bonds. The van der Waals surface area contributed by atoms with Crippen molar-refractivity contribution < 1.29 is 13.2 Å². The Kier molecular flexibility index (Phi) is 8.13. The Balaban J connectivity index is 1.49. The van der Waals surface area contributed by atoms with Crippen LogP contribution in [0.5, 0.6) is 0 Å². The Morgan fingerprint density at radius 2 is 1.59 bits per heavy atom. The van der Waals surface area contributed by atoms with Crippen LogP contribution in [0.3, 0.4) is 0 Å². The van der Waals surface area contributed by atoms with E-state index in [-0.39, 0.29) is 6.08 Å². The van der Waals surface area contributed by atoms with E-state index >= 15 is 0 Å². The fourth-order valence-corrected chi connectivity index (χ4v) is 5.73. The molecule has 0 nitrogen and oxygen atoms in total. The van der Waals surface area contributed by atoms with E-state index in [4.69, 9.17) is 11.6 Å². The summed E-state index contributed by atoms with van der Waals surface area (Å²) in [5, 5.41) is 0.413. The molecule has 0 aromatic heterocycles. The Hall–Kier alpha value is -0.960. The van der Waals surface area contributed by atoms with Crippen LogP contribution in [0.15, 0.2) is 24.3 Å². The number of unbranched alkanes of at least 4 members (excludes halogenated alkanes) is 1. The normalized spacial score (nSPS) is 28.7. The molecule has 2 aliphatic carbocycles. The summed E-state index contributed by atoms with van der Waals surface area (Å²) in [7, 11) is 0. The summed E-state index contributed by atoms with van der Waals surface area (Å²) in [4.78, 5) is 0. The van der Waals surface area contributed by atoms with Crippen molar-refractivity contribution in [3.05, 3.63) is 40.4 Å². The molecule has 0 aliphatic heterocycles. The highest BCUT2D eigenvalue weighted by molar-refractivity contribution is 6.32. The lowest BCUT2D eigenvalue weighted by Crippen LogP contribution is -2.25. The molecular weight excluding hydrogens is 393 g/mol. The Bertz CT molecular complexity index is 663. The maximum Gasteiger partial charge on any atom is 0.409 e. The molecule has 0 unspecified atom stereocenters. The molecule has 2 fully saturated rings. The highest BCUT2D eigenvalue weighted by atomic mass is 35.5. The largest absolute Gasteiger partial charge is 0.409 e. The second-order valence-corrected chi connectivity index (χ2v) is 9.60. The molecule has 1 aromatic rings. The third-order valence-corrected chi connectivity index (χ3v) is 7.57. The van der Waals surface area contributed by atoms with Crippen LogP contribution in [0.2, 0.25) is 5.02 Å². The van der Waals surface area contributed by atoms with E-state index in [0.717, 1.165) is 23.8 Å². The number of allylic oxidation sites excluding steroid dienone is 1. The summed E-state index contributed by atoms with van der Waals surface area (Å²) < 4.78 is 37.1. The molecule has 0 spiro atoms. The van der Waals surface area contributed by atoms with E-state index in [0.29, 0.717) is 16.5 Å². The molecule has 0 N–H and O–H groups in total. The van der Waals surface area contributed by atoms with Crippen molar-refractivity contribution in [1.82, 2.24) is 0 Å². The monoisotopic (exact) mass is 426 g/mol. The van der Waals surface area contributed by atoms with Gasteiger partial charge in [0.2, 0.25) is 0 Å². The first-order valence-corrected chi connectivity index (χ1v) is 11.8. The average molecular weight is 427 g/mol. The molecule has 1 aromatic carbocycles. The molecule has 0 heterocycles. The minimum atomic E-state index is -4.31. The fraction of sp³-hybridized carbons (Fsp3) is 0.680. The van der Waals surface area contributed by atoms with Gasteiger partial charge < -0.3 is 0 Å². The first-order valence-electron chi connectivity index (χ1n) is 11.4. The lowest BCUT2D eigenvalue weighted by Gasteiger charge is -2.38. The van der Waals surface area contributed by atoms with Gasteiger partial charge in [-0.25, -0.2) is 0 Å². The van der Waals surface area contributed by atoms with Crippen LogP contribution in [0, 0.1) is 17.8 Å². The molecule has 4 heteroatoms. The molecule has 162 valence electrons. The van der Waals surface area contributed by atoms with E-state index in [1.54, 1.807) is 6.07 Å². The summed E-state index contributed by atoms with van der Waals surface area (Å²) >= 11 is 6.26. The Morgan fingerprint density at radius 3 is 2.14 bits per heavy atom. The van der Waals surface area contributed by atoms with Crippen LogP contribution in [0.1, 0.15) is 94.6 Å². The van der Waals surface area contributed by atoms with Gasteiger partial charge in [-0.15, -0.1) is 0 Å². The predicted molar refractivity (Wildman–Crippen MR) is 116 cm³/mol. The third kappa shape index (κ3) is 6.77. The standard InChI is InChI=1S/C25H34ClF3/c1-2-3-4-18-5-7-19(8-6-18)20-9-11-21(12-10-20)23-14-13-22(24(26)17-23)15-16-25(27,28)29/h13-21H,2-12H2,1H3. The lowest BCUT2D eigenvalue weighted by atomic mass is 9.68. The Morgan fingerprint density at radius 1 is 0.966 bits per heavy atom. The van der Waals surface area contributed by atoms with E-state index in [1.807, 2.05) is 12.1 Å². The third-order valence-electron chi connectivity index (χ3n) is 7.24. The SMILES string of the molecule is CCCCC1CCC(C2CCC(c3ccc(C=CC(F)(F)F)c(Cl)c3)CC2)CC1. The van der Waals surface area contributed by atoms with Gasteiger partial charge in [0.1, 0.15) is 0 Å². The average Bonchev–Trinajstić information content (AvgIpc) is 2.71. The number of benzene rings is 1. The summed E-state index contributed by atoms with van der Waals surface area (Å²) in [6.45, 7) is 2.28. The minimum absolute atomic E-state index is 0.246. The van der Waals surface area contributed by atoms with Gasteiger partial charge in [-0.05, 0) is 85.5 Å². The number of rotatable bonds is 6. The summed E-state index contributed by atoms with van der Waals surface area (Å²) in [6, 6.07) is 5.57. The van der Waals surface area contributed by atoms with Crippen molar-refractivity contribution in [2.45, 2.75) is 89.6 Å². The van der Waals surface area contributed by atoms with Crippen molar-refractivity contribution >= 4 is 17.7 Å². The predicted octanol–water partition coefficient (Wildman–Crippen LogP) is 9.19. The number of hydrogen-bond acceptors (Lipinski definition) is 0. The molecule has 3 rings (SSSR count). The lowest BCUT2D eigenvalue weighted by molar-refractivity contribution is -0.0790. The fourth-order valence-electron chi connectivity index (χ4n) is 5.48. The molecule has 0 bridgehead atoms. The molecule has 0 atom stereocenters. The highest BCUT2D eigenvalue weighted by Crippen LogP contribution is 2.45. The first kappa shape index (κ1) is 22.7. The van der Waals surface area contributed by atoms with Gasteiger partial charge in [-0.3, -0.25) is 0 Å². The van der Waals surface area contributed by atoms with Gasteiger partial charge in [0.25, 0.3) is 0 Å². The van der Waals surface area contributed by atoms with Gasteiger partial charge >= 0.3 is 6.18 Å². The summed E-state index contributed by atoms with van der Waals surface area (Å²) in [6.07, 6.45) is 11.7. The molecule has 29 heavy (non-hydrogen) atoms. The van der Waals surface area contributed by atoms with E-state index in [9.17, 15) is 13.2 Å². The maximum absolute atomic E-state index is 12.4. The number of alkyl halides is 3. The number of halogens is 4. The van der Waals surface area contributed by atoms with E-state index in [2.05, 4.69) is 6.92 Å². The topological polar surface area (TPSA) is 0 Å². The van der Waals surface area contributed by atoms with Crippen molar-refractivity contribution in [1.29, 1.82) is 0 Å². The maximum atomic E-state index is 12.4. The zero-order valence-electron chi connectivity index (χ0n) is 17.5. The van der Waals surface area contributed by atoms with Crippen LogP contribution >= 0.6 is 11.6 Å². The van der Waals surface area contributed by atoms with Gasteiger partial charge in [0.15, 0.2) is 0 Å². The number of hydrogen-bond donors (Lipinski definition) is 0. The van der Waals surface area contributed by atoms with Gasteiger partial charge in [-0.1, -0.05) is 62.8 Å². The van der Waals surface area contributed by atoms with Crippen LogP contribution < -0.4 is 0 Å². The molecule has 0 radical (unpaired) electrons. The quantitative estimate of drug-likeness (QED) is 0.425. The molecule has 2 saturated carbocycles. The van der Waals surface area contributed by atoms with Crippen LogP contribution in [0.4, 0.5) is 13.2 Å². The molecule has 0 saturated heterocycles. The Labute approximate surface area is 178 Å². The zero-order valence-corrected chi connectivity index (χ0v) is 18.2. The summed E-state index contributed by atoms with van der Waals surface area (Å²) in [5.41, 5.74) is 1.61. The van der Waals surface area contributed by atoms with Crippen molar-refractivity contribution in [2.75, 3.05) is 0 Å². The van der Waals surface area contributed by atoms with Crippen molar-refractivity contribution in [3.8, 4) is 0 Å². The van der Waals surface area contributed by atoms with E-state index in [1.165, 1.54) is 76.2 Å². The van der Waals surface area contributed by atoms with Crippen molar-refractivity contribution in [2.24, 2.45) is 17.8 Å². The zero-order chi connectivity index (χ0) is 20.9. The molecular formula is C25H34ClF3. The highest BCUT2D eigenvalue weighted by Gasteiger charge is 2.31. The summed E-state index contributed by atoms with van der Waals surface area (Å²) in [5.74, 6) is 3.23. The van der Waals surface area contributed by atoms with Crippen LogP contribution in [-0.2, 0) is 0 Å². The van der Waals surface area contributed by atoms with Crippen LogP contribution in [-0.4, -0.2) is 6.18 Å². The second kappa shape index (κ2) is 10.4.